The number of benzene rings is 1. The maximum Gasteiger partial charge on any atom is 0.290 e. The van der Waals surface area contributed by atoms with Crippen LogP contribution in [-0.2, 0) is 0 Å². The Balaban J connectivity index is 2.42. The molecule has 0 atom stereocenters. The van der Waals surface area contributed by atoms with Crippen molar-refractivity contribution in [2.45, 2.75) is 0 Å². The van der Waals surface area contributed by atoms with Crippen LogP contribution in [0.4, 0.5) is 5.69 Å². The van der Waals surface area contributed by atoms with Crippen molar-refractivity contribution in [3.05, 3.63) is 63.2 Å². The first-order valence-corrected chi connectivity index (χ1v) is 6.40. The Morgan fingerprint density at radius 3 is 2.63 bits per heavy atom. The van der Waals surface area contributed by atoms with Gasteiger partial charge in [0.1, 0.15) is 10.3 Å². The Hall–Kier alpha value is -2.47. The highest BCUT2D eigenvalue weighted by Gasteiger charge is 2.23. The Morgan fingerprint density at radius 1 is 1.16 bits per heavy atom. The van der Waals surface area contributed by atoms with Crippen LogP contribution in [0.2, 0.25) is 0 Å². The van der Waals surface area contributed by atoms with Crippen molar-refractivity contribution in [2.75, 3.05) is 0 Å². The molecule has 0 fully saturated rings. The Bertz CT molecular complexity index is 769. The number of rotatable bonds is 2. The summed E-state index contributed by atoms with van der Waals surface area (Å²) in [6.07, 6.45) is 0. The SMILES string of the molecule is O=[N+]([O-])c1cc(-c2cccs2)[n+]([O-])c2ccccc12. The third-order valence-corrected chi connectivity index (χ3v) is 3.75. The van der Waals surface area contributed by atoms with E-state index in [2.05, 4.69) is 0 Å². The van der Waals surface area contributed by atoms with Crippen molar-refractivity contribution < 1.29 is 9.65 Å². The largest absolute Gasteiger partial charge is 0.618 e. The molecule has 0 saturated carbocycles. The fourth-order valence-electron chi connectivity index (χ4n) is 2.01. The predicted molar refractivity (Wildman–Crippen MR) is 72.9 cm³/mol. The number of pyridine rings is 1. The van der Waals surface area contributed by atoms with Gasteiger partial charge in [-0.05, 0) is 17.5 Å². The monoisotopic (exact) mass is 272 g/mol. The lowest BCUT2D eigenvalue weighted by Crippen LogP contribution is -2.30. The molecule has 6 heteroatoms. The number of aromatic nitrogens is 1. The lowest BCUT2D eigenvalue weighted by molar-refractivity contribution is -0.565. The Kier molecular flexibility index (Phi) is 2.64. The quantitative estimate of drug-likeness (QED) is 0.311. The molecule has 0 bridgehead atoms. The van der Waals surface area contributed by atoms with Crippen LogP contribution in [0.3, 0.4) is 0 Å². The molecule has 0 aliphatic carbocycles. The van der Waals surface area contributed by atoms with E-state index in [1.807, 2.05) is 5.38 Å². The summed E-state index contributed by atoms with van der Waals surface area (Å²) in [6, 6.07) is 11.5. The van der Waals surface area contributed by atoms with Gasteiger partial charge in [-0.1, -0.05) is 18.2 Å². The van der Waals surface area contributed by atoms with Gasteiger partial charge in [0, 0.05) is 6.07 Å². The first-order chi connectivity index (χ1) is 9.18. The number of fused-ring (bicyclic) bond motifs is 1. The van der Waals surface area contributed by atoms with Crippen molar-refractivity contribution >= 4 is 27.9 Å². The summed E-state index contributed by atoms with van der Waals surface area (Å²) < 4.78 is 0.744. The van der Waals surface area contributed by atoms with Crippen LogP contribution in [0.15, 0.2) is 47.8 Å². The molecular formula is C13H8N2O3S. The van der Waals surface area contributed by atoms with E-state index in [9.17, 15) is 15.3 Å². The second-order valence-corrected chi connectivity index (χ2v) is 4.91. The van der Waals surface area contributed by atoms with Gasteiger partial charge in [-0.2, -0.15) is 4.73 Å². The van der Waals surface area contributed by atoms with E-state index < -0.39 is 4.92 Å². The van der Waals surface area contributed by atoms with E-state index >= 15 is 0 Å². The van der Waals surface area contributed by atoms with Crippen molar-refractivity contribution in [3.63, 3.8) is 0 Å². The number of thiophene rings is 1. The number of nitrogens with zero attached hydrogens (tertiary/aromatic N) is 2. The van der Waals surface area contributed by atoms with E-state index in [-0.39, 0.29) is 5.69 Å². The van der Waals surface area contributed by atoms with E-state index in [1.165, 1.54) is 17.4 Å². The summed E-state index contributed by atoms with van der Waals surface area (Å²) in [5.41, 5.74) is 0.562. The zero-order valence-corrected chi connectivity index (χ0v) is 10.5. The van der Waals surface area contributed by atoms with Gasteiger partial charge >= 0.3 is 0 Å². The minimum absolute atomic E-state index is 0.0499. The van der Waals surface area contributed by atoms with E-state index in [0.29, 0.717) is 21.5 Å². The molecule has 0 N–H and O–H groups in total. The molecule has 2 aromatic heterocycles. The van der Waals surface area contributed by atoms with Crippen LogP contribution in [0.25, 0.3) is 21.5 Å². The van der Waals surface area contributed by atoms with Crippen LogP contribution in [-0.4, -0.2) is 4.92 Å². The van der Waals surface area contributed by atoms with Crippen LogP contribution in [0.1, 0.15) is 0 Å². The zero-order chi connectivity index (χ0) is 13.4. The maximum atomic E-state index is 12.3. The zero-order valence-electron chi connectivity index (χ0n) is 9.65. The second kappa shape index (κ2) is 4.33. The van der Waals surface area contributed by atoms with E-state index in [0.717, 1.165) is 4.73 Å². The third-order valence-electron chi connectivity index (χ3n) is 2.86. The molecule has 94 valence electrons. The molecule has 3 aromatic rings. The van der Waals surface area contributed by atoms with Crippen LogP contribution >= 0.6 is 11.3 Å². The molecule has 0 aliphatic heterocycles. The molecule has 3 rings (SSSR count). The van der Waals surface area contributed by atoms with Gasteiger partial charge in [-0.15, -0.1) is 11.3 Å². The summed E-state index contributed by atoms with van der Waals surface area (Å²) in [7, 11) is 0. The molecule has 1 aromatic carbocycles. The third kappa shape index (κ3) is 1.82. The fourth-order valence-corrected chi connectivity index (χ4v) is 2.73. The smallest absolute Gasteiger partial charge is 0.290 e. The summed E-state index contributed by atoms with van der Waals surface area (Å²) in [4.78, 5) is 11.4. The second-order valence-electron chi connectivity index (χ2n) is 3.96. The molecule has 0 unspecified atom stereocenters. The van der Waals surface area contributed by atoms with E-state index in [1.54, 1.807) is 36.4 Å². The van der Waals surface area contributed by atoms with Gasteiger partial charge in [0.25, 0.3) is 5.69 Å². The van der Waals surface area contributed by atoms with Crippen LogP contribution < -0.4 is 4.73 Å². The number of nitro groups is 1. The highest BCUT2D eigenvalue weighted by molar-refractivity contribution is 7.13. The first-order valence-electron chi connectivity index (χ1n) is 5.52. The first kappa shape index (κ1) is 11.6. The van der Waals surface area contributed by atoms with Gasteiger partial charge < -0.3 is 5.21 Å². The van der Waals surface area contributed by atoms with Crippen LogP contribution in [0.5, 0.6) is 0 Å². The molecule has 19 heavy (non-hydrogen) atoms. The van der Waals surface area contributed by atoms with Crippen molar-refractivity contribution in [2.24, 2.45) is 0 Å². The average molecular weight is 272 g/mol. The van der Waals surface area contributed by atoms with E-state index in [4.69, 9.17) is 0 Å². The van der Waals surface area contributed by atoms with Crippen molar-refractivity contribution in [3.8, 4) is 10.6 Å². The molecule has 0 aliphatic rings. The molecule has 5 nitrogen and oxygen atoms in total. The summed E-state index contributed by atoms with van der Waals surface area (Å²) in [6.45, 7) is 0. The van der Waals surface area contributed by atoms with Gasteiger partial charge in [0.2, 0.25) is 11.2 Å². The van der Waals surface area contributed by atoms with Crippen molar-refractivity contribution in [1.82, 2.24) is 0 Å². The summed E-state index contributed by atoms with van der Waals surface area (Å²) in [5.74, 6) is 0. The number of para-hydroxylation sites is 1. The molecule has 2 heterocycles. The lowest BCUT2D eigenvalue weighted by atomic mass is 10.1. The fraction of sp³-hybridized carbons (Fsp3) is 0. The average Bonchev–Trinajstić information content (AvgIpc) is 2.93. The highest BCUT2D eigenvalue weighted by Crippen LogP contribution is 2.30. The predicted octanol–water partition coefficient (Wildman–Crippen LogP) is 3.11. The topological polar surface area (TPSA) is 70.1 Å². The lowest BCUT2D eigenvalue weighted by Gasteiger charge is -2.06. The number of hydrogen-bond donors (Lipinski definition) is 0. The van der Waals surface area contributed by atoms with Crippen LogP contribution in [0, 0.1) is 15.3 Å². The highest BCUT2D eigenvalue weighted by atomic mass is 32.1. The minimum Gasteiger partial charge on any atom is -0.618 e. The molecule has 0 radical (unpaired) electrons. The Labute approximate surface area is 112 Å². The molecule has 0 saturated heterocycles. The normalized spacial score (nSPS) is 10.7. The maximum absolute atomic E-state index is 12.3. The standard InChI is InChI=1S/C13H8N2O3S/c16-14-10-5-2-1-4-9(10)11(15(17)18)8-12(14)13-6-3-7-19-13/h1-8H. The molecule has 0 amide bonds. The Morgan fingerprint density at radius 2 is 1.95 bits per heavy atom. The summed E-state index contributed by atoms with van der Waals surface area (Å²) in [5, 5.41) is 25.6. The number of hydrogen-bond acceptors (Lipinski definition) is 4. The molecule has 0 spiro atoms. The van der Waals surface area contributed by atoms with Gasteiger partial charge in [0.05, 0.1) is 11.0 Å². The van der Waals surface area contributed by atoms with Gasteiger partial charge in [0.15, 0.2) is 0 Å². The van der Waals surface area contributed by atoms with Gasteiger partial charge in [-0.25, -0.2) is 0 Å². The van der Waals surface area contributed by atoms with Gasteiger partial charge in [-0.3, -0.25) is 10.1 Å². The van der Waals surface area contributed by atoms with Crippen molar-refractivity contribution in [1.29, 1.82) is 0 Å². The summed E-state index contributed by atoms with van der Waals surface area (Å²) >= 11 is 1.38. The molecular weight excluding hydrogens is 264 g/mol. The minimum atomic E-state index is -0.459.